The molecule has 0 radical (unpaired) electrons. The highest BCUT2D eigenvalue weighted by molar-refractivity contribution is 7.95. The van der Waals surface area contributed by atoms with Crippen LogP contribution in [-0.4, -0.2) is 36.1 Å². The maximum atomic E-state index is 10.7. The second-order valence-electron chi connectivity index (χ2n) is 4.37. The first kappa shape index (κ1) is 18.6. The summed E-state index contributed by atoms with van der Waals surface area (Å²) in [4.78, 5) is 1.32. The number of phenols is 1. The normalized spacial score (nSPS) is 12.1. The molecule has 4 nitrogen and oxygen atoms in total. The van der Waals surface area contributed by atoms with Crippen LogP contribution in [-0.2, 0) is 21.0 Å². The Balaban J connectivity index is 0.000000261. The summed E-state index contributed by atoms with van der Waals surface area (Å²) >= 11 is 0. The fourth-order valence-electron chi connectivity index (χ4n) is 1.61. The maximum absolute atomic E-state index is 10.7. The molecule has 2 aromatic rings. The monoisotopic (exact) mass is 355 g/mol. The zero-order valence-corrected chi connectivity index (χ0v) is 13.3. The van der Waals surface area contributed by atoms with Gasteiger partial charge in [-0.15, -0.1) is 0 Å². The van der Waals surface area contributed by atoms with Crippen molar-refractivity contribution in [2.75, 3.05) is 12.5 Å². The van der Waals surface area contributed by atoms with Crippen LogP contribution in [0.4, 0.5) is 13.2 Å². The number of hydrogen-bond acceptors (Lipinski definition) is 3. The largest absolute Gasteiger partial charge is 0.522 e. The molecular weight excluding hydrogens is 341 g/mol. The Morgan fingerprint density at radius 2 is 1.45 bits per heavy atom. The lowest BCUT2D eigenvalue weighted by atomic mass is 10.1. The Morgan fingerprint density at radius 3 is 1.86 bits per heavy atom. The maximum Gasteiger partial charge on any atom is 0.522 e. The summed E-state index contributed by atoms with van der Waals surface area (Å²) in [5.41, 5.74) is -5.53. The van der Waals surface area contributed by atoms with Crippen LogP contribution in [0, 0.1) is 0 Å². The number of phenolic OH excluding ortho intramolecular Hbond substituents is 1. The van der Waals surface area contributed by atoms with Crippen LogP contribution in [0.15, 0.2) is 41.3 Å². The average molecular weight is 355 g/mol. The molecule has 0 saturated heterocycles. The summed E-state index contributed by atoms with van der Waals surface area (Å²) in [5.74, 6) is 0.370. The van der Waals surface area contributed by atoms with E-state index in [4.69, 9.17) is 13.0 Å². The molecule has 0 aliphatic heterocycles. The lowest BCUT2D eigenvalue weighted by Gasteiger charge is -2.04. The molecule has 0 aliphatic rings. The number of alkyl halides is 3. The highest BCUT2D eigenvalue weighted by atomic mass is 32.2. The van der Waals surface area contributed by atoms with E-state index in [1.807, 2.05) is 24.3 Å². The topological polar surface area (TPSA) is 74.6 Å². The van der Waals surface area contributed by atoms with Crippen molar-refractivity contribution in [1.29, 1.82) is 0 Å². The van der Waals surface area contributed by atoms with Gasteiger partial charge in [-0.1, -0.05) is 18.2 Å². The second-order valence-corrected chi connectivity index (χ2v) is 7.85. The summed E-state index contributed by atoms with van der Waals surface area (Å²) in [5, 5.41) is 11.8. The quantitative estimate of drug-likeness (QED) is 0.468. The van der Waals surface area contributed by atoms with E-state index in [1.165, 1.54) is 10.3 Å². The lowest BCUT2D eigenvalue weighted by Crippen LogP contribution is -2.21. The highest BCUT2D eigenvalue weighted by Gasteiger charge is 2.44. The van der Waals surface area contributed by atoms with Crippen molar-refractivity contribution >= 4 is 31.8 Å². The van der Waals surface area contributed by atoms with Gasteiger partial charge in [0, 0.05) is 21.7 Å². The minimum atomic E-state index is -5.84. The lowest BCUT2D eigenvalue weighted by molar-refractivity contribution is -0.0510. The van der Waals surface area contributed by atoms with Gasteiger partial charge in [-0.25, -0.2) is 0 Å². The Hall–Kier alpha value is -1.45. The second kappa shape index (κ2) is 6.76. The number of halogens is 3. The third-order valence-electron chi connectivity index (χ3n) is 2.59. The van der Waals surface area contributed by atoms with E-state index in [-0.39, 0.29) is 10.9 Å². The van der Waals surface area contributed by atoms with Gasteiger partial charge in [-0.3, -0.25) is 4.55 Å². The van der Waals surface area contributed by atoms with Gasteiger partial charge in [-0.05, 0) is 18.2 Å². The first-order valence-electron chi connectivity index (χ1n) is 5.77. The van der Waals surface area contributed by atoms with Gasteiger partial charge in [0.25, 0.3) is 0 Å². The SMILES string of the molecule is C[S+](C)c1ccc(O)c2ccccc12.O=S(=O)(O)C(F)(F)F. The van der Waals surface area contributed by atoms with Gasteiger partial charge in [0.1, 0.15) is 18.3 Å². The standard InChI is InChI=1S/C12H12OS.CHF3O3S/c1-14(2)12-8-7-11(13)9-5-3-4-6-10(9)12;2-1(3,4)8(5,6)7/h3-8H,1-2H3;(H,5,6,7)/p+1. The molecule has 0 spiro atoms. The van der Waals surface area contributed by atoms with Crippen molar-refractivity contribution in [3.8, 4) is 5.75 Å². The molecule has 0 unspecified atom stereocenters. The minimum absolute atomic E-state index is 0.227. The third-order valence-corrected chi connectivity index (χ3v) is 4.41. The molecule has 0 fully saturated rings. The molecule has 0 atom stereocenters. The van der Waals surface area contributed by atoms with Gasteiger partial charge in [0.05, 0.1) is 0 Å². The van der Waals surface area contributed by atoms with Crippen LogP contribution in [0.5, 0.6) is 5.75 Å². The third kappa shape index (κ3) is 4.52. The molecule has 0 aliphatic carbocycles. The summed E-state index contributed by atoms with van der Waals surface area (Å²) in [7, 11) is -5.61. The zero-order chi connectivity index (χ0) is 17.1. The Bertz CT molecular complexity index is 755. The molecule has 0 saturated carbocycles. The molecule has 2 rings (SSSR count). The fourth-order valence-corrected chi connectivity index (χ4v) is 2.57. The van der Waals surface area contributed by atoms with Crippen molar-refractivity contribution in [3.63, 3.8) is 0 Å². The summed E-state index contributed by atoms with van der Waals surface area (Å²) in [6.45, 7) is 0. The number of benzene rings is 2. The molecule has 0 aromatic heterocycles. The number of rotatable bonds is 1. The van der Waals surface area contributed by atoms with Gasteiger partial charge in [-0.2, -0.15) is 21.6 Å². The molecule has 0 amide bonds. The first-order valence-corrected chi connectivity index (χ1v) is 9.25. The number of fused-ring (bicyclic) bond motifs is 1. The van der Waals surface area contributed by atoms with Crippen LogP contribution >= 0.6 is 0 Å². The van der Waals surface area contributed by atoms with Gasteiger partial charge in [0.15, 0.2) is 4.90 Å². The van der Waals surface area contributed by atoms with E-state index in [0.29, 0.717) is 5.75 Å². The minimum Gasteiger partial charge on any atom is -0.507 e. The van der Waals surface area contributed by atoms with Crippen LogP contribution in [0.1, 0.15) is 0 Å². The predicted molar refractivity (Wildman–Crippen MR) is 80.7 cm³/mol. The van der Waals surface area contributed by atoms with Crippen LogP contribution in [0.25, 0.3) is 10.8 Å². The smallest absolute Gasteiger partial charge is 0.507 e. The molecule has 122 valence electrons. The Kier molecular flexibility index (Phi) is 5.71. The van der Waals surface area contributed by atoms with Crippen LogP contribution < -0.4 is 0 Å². The van der Waals surface area contributed by atoms with Crippen molar-refractivity contribution < 1.29 is 31.2 Å². The van der Waals surface area contributed by atoms with E-state index in [1.54, 1.807) is 6.07 Å². The summed E-state index contributed by atoms with van der Waals surface area (Å²) in [6, 6.07) is 11.8. The zero-order valence-electron chi connectivity index (χ0n) is 11.6. The number of aromatic hydroxyl groups is 1. The van der Waals surface area contributed by atoms with Crippen molar-refractivity contribution in [3.05, 3.63) is 36.4 Å². The van der Waals surface area contributed by atoms with E-state index in [0.717, 1.165) is 5.39 Å². The van der Waals surface area contributed by atoms with E-state index in [9.17, 15) is 18.3 Å². The Morgan fingerprint density at radius 1 is 1.00 bits per heavy atom. The molecule has 2 N–H and O–H groups in total. The molecule has 9 heteroatoms. The molecule has 0 heterocycles. The first-order chi connectivity index (χ1) is 9.95. The molecular formula is C13H14F3O4S2+. The molecule has 22 heavy (non-hydrogen) atoms. The fraction of sp³-hybridized carbons (Fsp3) is 0.231. The van der Waals surface area contributed by atoms with Crippen molar-refractivity contribution in [1.82, 2.24) is 0 Å². The number of hydrogen-bond donors (Lipinski definition) is 2. The van der Waals surface area contributed by atoms with Gasteiger partial charge < -0.3 is 5.11 Å². The summed E-state index contributed by atoms with van der Waals surface area (Å²) in [6.07, 6.45) is 4.39. The molecule has 0 bridgehead atoms. The van der Waals surface area contributed by atoms with Crippen LogP contribution in [0.3, 0.4) is 0 Å². The highest BCUT2D eigenvalue weighted by Crippen LogP contribution is 2.29. The van der Waals surface area contributed by atoms with Crippen molar-refractivity contribution in [2.45, 2.75) is 10.4 Å². The molecule has 2 aromatic carbocycles. The Labute approximate surface area is 128 Å². The van der Waals surface area contributed by atoms with E-state index in [2.05, 4.69) is 18.6 Å². The van der Waals surface area contributed by atoms with Gasteiger partial charge in [0.2, 0.25) is 0 Å². The van der Waals surface area contributed by atoms with Crippen molar-refractivity contribution in [2.24, 2.45) is 0 Å². The van der Waals surface area contributed by atoms with E-state index < -0.39 is 15.6 Å². The predicted octanol–water partition coefficient (Wildman–Crippen LogP) is 3.18. The van der Waals surface area contributed by atoms with Crippen LogP contribution in [0.2, 0.25) is 0 Å². The average Bonchev–Trinajstić information content (AvgIpc) is 2.37. The van der Waals surface area contributed by atoms with E-state index >= 15 is 0 Å². The summed E-state index contributed by atoms with van der Waals surface area (Å²) < 4.78 is 57.5. The van der Waals surface area contributed by atoms with Gasteiger partial charge >= 0.3 is 15.6 Å².